The Hall–Kier alpha value is -1.65. The third-order valence-corrected chi connectivity index (χ3v) is 3.04. The normalized spacial score (nSPS) is 12.2. The molecule has 1 heterocycles. The first-order valence-electron chi connectivity index (χ1n) is 5.72. The number of pyridine rings is 1. The van der Waals surface area contributed by atoms with Gasteiger partial charge in [-0.15, -0.1) is 0 Å². The van der Waals surface area contributed by atoms with E-state index < -0.39 is 11.9 Å². The van der Waals surface area contributed by atoms with Gasteiger partial charge in [-0.3, -0.25) is 0 Å². The van der Waals surface area contributed by atoms with Crippen molar-refractivity contribution in [2.24, 2.45) is 0 Å². The van der Waals surface area contributed by atoms with E-state index in [0.717, 1.165) is 0 Å². The summed E-state index contributed by atoms with van der Waals surface area (Å²) in [5.41, 5.74) is 0.980. The van der Waals surface area contributed by atoms with Gasteiger partial charge in [-0.05, 0) is 23.3 Å². The predicted octanol–water partition coefficient (Wildman–Crippen LogP) is 3.16. The van der Waals surface area contributed by atoms with Gasteiger partial charge in [0.05, 0.1) is 13.2 Å². The molecule has 19 heavy (non-hydrogen) atoms. The SMILES string of the molecule is COc1cccc(CC(O)c2ccc(Cl)nc2)c1F. The zero-order valence-electron chi connectivity index (χ0n) is 10.3. The van der Waals surface area contributed by atoms with Crippen LogP contribution in [0.15, 0.2) is 36.5 Å². The number of aliphatic hydroxyl groups excluding tert-OH is 1. The summed E-state index contributed by atoms with van der Waals surface area (Å²) in [5, 5.41) is 10.4. The maximum Gasteiger partial charge on any atom is 0.168 e. The summed E-state index contributed by atoms with van der Waals surface area (Å²) in [7, 11) is 1.40. The first-order valence-corrected chi connectivity index (χ1v) is 6.10. The average molecular weight is 282 g/mol. The summed E-state index contributed by atoms with van der Waals surface area (Å²) in [6.07, 6.45) is 0.781. The number of hydrogen-bond acceptors (Lipinski definition) is 3. The highest BCUT2D eigenvalue weighted by Gasteiger charge is 2.14. The molecule has 0 saturated carbocycles. The molecule has 1 aromatic carbocycles. The molecule has 1 aromatic heterocycles. The Morgan fingerprint density at radius 3 is 2.79 bits per heavy atom. The summed E-state index contributed by atoms with van der Waals surface area (Å²) in [4.78, 5) is 3.88. The van der Waals surface area contributed by atoms with Crippen molar-refractivity contribution in [2.45, 2.75) is 12.5 Å². The van der Waals surface area contributed by atoms with Crippen LogP contribution in [-0.4, -0.2) is 17.2 Å². The molecule has 0 radical (unpaired) electrons. The van der Waals surface area contributed by atoms with E-state index in [4.69, 9.17) is 16.3 Å². The number of ether oxygens (including phenoxy) is 1. The van der Waals surface area contributed by atoms with Gasteiger partial charge >= 0.3 is 0 Å². The molecule has 1 unspecified atom stereocenters. The van der Waals surface area contributed by atoms with Gasteiger partial charge in [-0.1, -0.05) is 29.8 Å². The number of aliphatic hydroxyl groups is 1. The fourth-order valence-corrected chi connectivity index (χ4v) is 1.89. The number of rotatable bonds is 4. The second-order valence-corrected chi connectivity index (χ2v) is 4.45. The van der Waals surface area contributed by atoms with Crippen molar-refractivity contribution in [3.63, 3.8) is 0 Å². The van der Waals surface area contributed by atoms with Crippen molar-refractivity contribution in [1.29, 1.82) is 0 Å². The molecular weight excluding hydrogens is 269 g/mol. The predicted molar refractivity (Wildman–Crippen MR) is 70.9 cm³/mol. The topological polar surface area (TPSA) is 42.4 Å². The molecule has 0 amide bonds. The van der Waals surface area contributed by atoms with Crippen molar-refractivity contribution in [3.05, 3.63) is 58.6 Å². The summed E-state index contributed by atoms with van der Waals surface area (Å²) in [5.74, 6) is -0.287. The van der Waals surface area contributed by atoms with Crippen LogP contribution in [0.5, 0.6) is 5.75 Å². The van der Waals surface area contributed by atoms with Crippen molar-refractivity contribution < 1.29 is 14.2 Å². The van der Waals surface area contributed by atoms with Crippen LogP contribution in [0.4, 0.5) is 4.39 Å². The van der Waals surface area contributed by atoms with Gasteiger partial charge in [0.25, 0.3) is 0 Å². The lowest BCUT2D eigenvalue weighted by atomic mass is 10.0. The van der Waals surface area contributed by atoms with E-state index in [0.29, 0.717) is 16.3 Å². The molecule has 0 aliphatic heterocycles. The lowest BCUT2D eigenvalue weighted by Crippen LogP contribution is -2.04. The molecule has 1 N–H and O–H groups in total. The minimum absolute atomic E-state index is 0.145. The zero-order valence-corrected chi connectivity index (χ0v) is 11.1. The molecule has 100 valence electrons. The van der Waals surface area contributed by atoms with Crippen LogP contribution in [-0.2, 0) is 6.42 Å². The Labute approximate surface area is 115 Å². The van der Waals surface area contributed by atoms with E-state index in [1.165, 1.54) is 19.4 Å². The molecule has 0 fully saturated rings. The van der Waals surface area contributed by atoms with Crippen LogP contribution in [0.25, 0.3) is 0 Å². The zero-order chi connectivity index (χ0) is 13.8. The molecule has 3 nitrogen and oxygen atoms in total. The molecule has 0 spiro atoms. The van der Waals surface area contributed by atoms with Crippen LogP contribution in [0.3, 0.4) is 0 Å². The maximum absolute atomic E-state index is 13.9. The van der Waals surface area contributed by atoms with Crippen molar-refractivity contribution >= 4 is 11.6 Å². The van der Waals surface area contributed by atoms with E-state index in [9.17, 15) is 9.50 Å². The Morgan fingerprint density at radius 2 is 2.16 bits per heavy atom. The molecule has 1 atom stereocenters. The fraction of sp³-hybridized carbons (Fsp3) is 0.214. The molecule has 5 heteroatoms. The Kier molecular flexibility index (Phi) is 4.35. The molecule has 0 saturated heterocycles. The first kappa shape index (κ1) is 13.8. The number of nitrogens with zero attached hydrogens (tertiary/aromatic N) is 1. The second kappa shape index (κ2) is 5.99. The third-order valence-electron chi connectivity index (χ3n) is 2.81. The largest absolute Gasteiger partial charge is 0.494 e. The molecule has 0 aliphatic rings. The summed E-state index contributed by atoms with van der Waals surface area (Å²) >= 11 is 5.67. The lowest BCUT2D eigenvalue weighted by molar-refractivity contribution is 0.176. The van der Waals surface area contributed by atoms with Crippen molar-refractivity contribution in [3.8, 4) is 5.75 Å². The first-order chi connectivity index (χ1) is 9.11. The fourth-order valence-electron chi connectivity index (χ4n) is 1.78. The van der Waals surface area contributed by atoms with Crippen molar-refractivity contribution in [2.75, 3.05) is 7.11 Å². The van der Waals surface area contributed by atoms with Crippen LogP contribution in [0.2, 0.25) is 5.15 Å². The van der Waals surface area contributed by atoms with Gasteiger partial charge < -0.3 is 9.84 Å². The van der Waals surface area contributed by atoms with Gasteiger partial charge in [0, 0.05) is 12.6 Å². The number of methoxy groups -OCH3 is 1. The van der Waals surface area contributed by atoms with Gasteiger partial charge in [0.2, 0.25) is 0 Å². The number of benzene rings is 1. The Balaban J connectivity index is 2.19. The third kappa shape index (κ3) is 3.22. The maximum atomic E-state index is 13.9. The highest BCUT2D eigenvalue weighted by Crippen LogP contribution is 2.25. The Bertz CT molecular complexity index is 560. The van der Waals surface area contributed by atoms with Gasteiger partial charge in [-0.25, -0.2) is 9.37 Å². The minimum Gasteiger partial charge on any atom is -0.494 e. The molecule has 2 aromatic rings. The van der Waals surface area contributed by atoms with Crippen LogP contribution < -0.4 is 4.74 Å². The van der Waals surface area contributed by atoms with Gasteiger partial charge in [-0.2, -0.15) is 0 Å². The highest BCUT2D eigenvalue weighted by atomic mass is 35.5. The van der Waals surface area contributed by atoms with Crippen molar-refractivity contribution in [1.82, 2.24) is 4.98 Å². The van der Waals surface area contributed by atoms with E-state index >= 15 is 0 Å². The highest BCUT2D eigenvalue weighted by molar-refractivity contribution is 6.29. The number of aromatic nitrogens is 1. The second-order valence-electron chi connectivity index (χ2n) is 4.07. The summed E-state index contributed by atoms with van der Waals surface area (Å²) in [6.45, 7) is 0. The minimum atomic E-state index is -0.841. The van der Waals surface area contributed by atoms with E-state index in [1.807, 2.05) is 0 Å². The molecular formula is C14H13ClFNO2. The number of halogens is 2. The Morgan fingerprint density at radius 1 is 1.37 bits per heavy atom. The van der Waals surface area contributed by atoms with E-state index in [1.54, 1.807) is 24.3 Å². The number of hydrogen-bond donors (Lipinski definition) is 1. The van der Waals surface area contributed by atoms with E-state index in [-0.39, 0.29) is 12.2 Å². The van der Waals surface area contributed by atoms with Crippen LogP contribution in [0.1, 0.15) is 17.2 Å². The average Bonchev–Trinajstić information content (AvgIpc) is 2.42. The standard InChI is InChI=1S/C14H13ClFNO2/c1-19-12-4-2-3-9(14(12)16)7-11(18)10-5-6-13(15)17-8-10/h2-6,8,11,18H,7H2,1H3. The van der Waals surface area contributed by atoms with E-state index in [2.05, 4.69) is 4.98 Å². The van der Waals surface area contributed by atoms with Crippen LogP contribution >= 0.6 is 11.6 Å². The van der Waals surface area contributed by atoms with Gasteiger partial charge in [0.1, 0.15) is 5.15 Å². The lowest BCUT2D eigenvalue weighted by Gasteiger charge is -2.12. The summed E-state index contributed by atoms with van der Waals surface area (Å²) in [6, 6.07) is 8.09. The molecule has 0 aliphatic carbocycles. The summed E-state index contributed by atoms with van der Waals surface area (Å²) < 4.78 is 18.8. The van der Waals surface area contributed by atoms with Gasteiger partial charge in [0.15, 0.2) is 11.6 Å². The molecule has 2 rings (SSSR count). The monoisotopic (exact) mass is 281 g/mol. The molecule has 0 bridgehead atoms. The van der Waals surface area contributed by atoms with Crippen LogP contribution in [0, 0.1) is 5.82 Å². The quantitative estimate of drug-likeness (QED) is 0.876. The smallest absolute Gasteiger partial charge is 0.168 e.